The molecule has 6 nitrogen and oxygen atoms in total. The van der Waals surface area contributed by atoms with Gasteiger partial charge in [0.15, 0.2) is 0 Å². The number of benzene rings is 2. The second-order valence-corrected chi connectivity index (χ2v) is 4.63. The molecule has 2 aromatic carbocycles. The van der Waals surface area contributed by atoms with Gasteiger partial charge in [-0.15, -0.1) is 0 Å². The lowest BCUT2D eigenvalue weighted by atomic mass is 10.1. The number of anilines is 2. The third-order valence-corrected chi connectivity index (χ3v) is 2.90. The van der Waals surface area contributed by atoms with Gasteiger partial charge < -0.3 is 4.90 Å². The molecule has 0 atom stereocenters. The van der Waals surface area contributed by atoms with Gasteiger partial charge in [0.25, 0.3) is 5.69 Å². The van der Waals surface area contributed by atoms with E-state index in [1.165, 1.54) is 12.3 Å². The highest BCUT2D eigenvalue weighted by molar-refractivity contribution is 5.87. The van der Waals surface area contributed by atoms with Gasteiger partial charge in [0, 0.05) is 25.8 Å². The first-order valence-electron chi connectivity index (χ1n) is 6.38. The molecule has 0 amide bonds. The van der Waals surface area contributed by atoms with Crippen molar-refractivity contribution < 1.29 is 4.92 Å². The summed E-state index contributed by atoms with van der Waals surface area (Å²) in [5.41, 5.74) is 4.91. The van der Waals surface area contributed by atoms with Crippen molar-refractivity contribution in [3.05, 3.63) is 64.2 Å². The third kappa shape index (κ3) is 3.79. The van der Waals surface area contributed by atoms with Gasteiger partial charge in [-0.25, -0.2) is 0 Å². The first kappa shape index (κ1) is 14.5. The number of nitro groups is 1. The fourth-order valence-corrected chi connectivity index (χ4v) is 1.77. The van der Waals surface area contributed by atoms with E-state index in [1.807, 2.05) is 55.4 Å². The predicted molar refractivity (Wildman–Crippen MR) is 85.1 cm³/mol. The Hall–Kier alpha value is -2.89. The lowest BCUT2D eigenvalue weighted by Crippen LogP contribution is -2.09. The van der Waals surface area contributed by atoms with Crippen molar-refractivity contribution in [2.24, 2.45) is 5.10 Å². The van der Waals surface area contributed by atoms with Crippen LogP contribution in [0.4, 0.5) is 17.1 Å². The molecule has 1 N–H and O–H groups in total. The van der Waals surface area contributed by atoms with E-state index in [0.29, 0.717) is 5.56 Å². The zero-order valence-corrected chi connectivity index (χ0v) is 11.9. The molecule has 0 aliphatic heterocycles. The molecule has 0 saturated heterocycles. The summed E-state index contributed by atoms with van der Waals surface area (Å²) in [5.74, 6) is 0. The Morgan fingerprint density at radius 1 is 1.19 bits per heavy atom. The molecule has 0 radical (unpaired) electrons. The highest BCUT2D eigenvalue weighted by atomic mass is 16.6. The van der Waals surface area contributed by atoms with Crippen LogP contribution in [0.2, 0.25) is 0 Å². The maximum atomic E-state index is 11.1. The predicted octanol–water partition coefficient (Wildman–Crippen LogP) is 3.11. The van der Waals surface area contributed by atoms with Crippen LogP contribution in [0.1, 0.15) is 5.56 Å². The minimum absolute atomic E-state index is 0.0276. The SMILES string of the molecule is CN(C)c1ccc(C=NNc2ccccc2)c([N+](=O)[O-])c1. The van der Waals surface area contributed by atoms with Crippen molar-refractivity contribution in [2.45, 2.75) is 0 Å². The van der Waals surface area contributed by atoms with Crippen molar-refractivity contribution in [3.8, 4) is 0 Å². The van der Waals surface area contributed by atoms with Crippen LogP contribution in [-0.4, -0.2) is 25.2 Å². The molecule has 0 heterocycles. The Balaban J connectivity index is 2.21. The molecule has 0 aliphatic rings. The summed E-state index contributed by atoms with van der Waals surface area (Å²) >= 11 is 0. The lowest BCUT2D eigenvalue weighted by molar-refractivity contribution is -0.384. The second-order valence-electron chi connectivity index (χ2n) is 4.63. The molecule has 0 bridgehead atoms. The topological polar surface area (TPSA) is 70.8 Å². The second kappa shape index (κ2) is 6.51. The molecule has 0 aliphatic carbocycles. The maximum Gasteiger partial charge on any atom is 0.280 e. The van der Waals surface area contributed by atoms with Gasteiger partial charge >= 0.3 is 0 Å². The number of hydrazone groups is 1. The summed E-state index contributed by atoms with van der Waals surface area (Å²) in [6, 6.07) is 14.4. The molecule has 108 valence electrons. The molecule has 2 rings (SSSR count). The Morgan fingerprint density at radius 3 is 2.52 bits per heavy atom. The van der Waals surface area contributed by atoms with Gasteiger partial charge in [-0.05, 0) is 24.3 Å². The Bertz CT molecular complexity index is 654. The van der Waals surface area contributed by atoms with E-state index in [2.05, 4.69) is 10.5 Å². The van der Waals surface area contributed by atoms with Crippen molar-refractivity contribution in [1.82, 2.24) is 0 Å². The average Bonchev–Trinajstić information content (AvgIpc) is 2.48. The van der Waals surface area contributed by atoms with Crippen molar-refractivity contribution >= 4 is 23.3 Å². The molecule has 0 saturated carbocycles. The first-order valence-corrected chi connectivity index (χ1v) is 6.38. The molecule has 0 fully saturated rings. The van der Waals surface area contributed by atoms with E-state index in [-0.39, 0.29) is 5.69 Å². The van der Waals surface area contributed by atoms with Crippen LogP contribution in [0.5, 0.6) is 0 Å². The summed E-state index contributed by atoms with van der Waals surface area (Å²) in [6.07, 6.45) is 1.45. The summed E-state index contributed by atoms with van der Waals surface area (Å²) in [6.45, 7) is 0. The smallest absolute Gasteiger partial charge is 0.280 e. The van der Waals surface area contributed by atoms with Crippen LogP contribution >= 0.6 is 0 Å². The summed E-state index contributed by atoms with van der Waals surface area (Å²) < 4.78 is 0. The van der Waals surface area contributed by atoms with E-state index in [0.717, 1.165) is 11.4 Å². The van der Waals surface area contributed by atoms with E-state index >= 15 is 0 Å². The zero-order valence-electron chi connectivity index (χ0n) is 11.9. The molecule has 21 heavy (non-hydrogen) atoms. The number of nitrogens with one attached hydrogen (secondary N) is 1. The molecule has 6 heteroatoms. The maximum absolute atomic E-state index is 11.1. The molecular weight excluding hydrogens is 268 g/mol. The number of nitro benzene ring substituents is 1. The number of hydrogen-bond donors (Lipinski definition) is 1. The van der Waals surface area contributed by atoms with Gasteiger partial charge in [-0.3, -0.25) is 15.5 Å². The fraction of sp³-hybridized carbons (Fsp3) is 0.133. The Kier molecular flexibility index (Phi) is 4.50. The van der Waals surface area contributed by atoms with Crippen molar-refractivity contribution in [1.29, 1.82) is 0 Å². The summed E-state index contributed by atoms with van der Waals surface area (Å²) in [7, 11) is 3.67. The normalized spacial score (nSPS) is 10.6. The van der Waals surface area contributed by atoms with Gasteiger partial charge in [0.1, 0.15) is 0 Å². The van der Waals surface area contributed by atoms with Crippen LogP contribution in [-0.2, 0) is 0 Å². The summed E-state index contributed by atoms with van der Waals surface area (Å²) in [5, 5.41) is 15.2. The van der Waals surface area contributed by atoms with Gasteiger partial charge in [0.05, 0.1) is 22.4 Å². The number of rotatable bonds is 5. The molecule has 0 unspecified atom stereocenters. The number of hydrogen-bond acceptors (Lipinski definition) is 5. The minimum atomic E-state index is -0.406. The van der Waals surface area contributed by atoms with Crippen LogP contribution in [0.25, 0.3) is 0 Å². The van der Waals surface area contributed by atoms with E-state index in [9.17, 15) is 10.1 Å². The number of nitrogens with zero attached hydrogens (tertiary/aromatic N) is 3. The highest BCUT2D eigenvalue weighted by Gasteiger charge is 2.13. The quantitative estimate of drug-likeness (QED) is 0.520. The average molecular weight is 284 g/mol. The van der Waals surface area contributed by atoms with Gasteiger partial charge in [0.2, 0.25) is 0 Å². The number of para-hydroxylation sites is 1. The van der Waals surface area contributed by atoms with Crippen LogP contribution < -0.4 is 10.3 Å². The summed E-state index contributed by atoms with van der Waals surface area (Å²) in [4.78, 5) is 12.5. The van der Waals surface area contributed by atoms with Gasteiger partial charge in [-0.1, -0.05) is 18.2 Å². The Morgan fingerprint density at radius 2 is 1.90 bits per heavy atom. The van der Waals surface area contributed by atoms with Crippen LogP contribution in [0.3, 0.4) is 0 Å². The van der Waals surface area contributed by atoms with Crippen LogP contribution in [0, 0.1) is 10.1 Å². The van der Waals surface area contributed by atoms with Crippen molar-refractivity contribution in [3.63, 3.8) is 0 Å². The third-order valence-electron chi connectivity index (χ3n) is 2.90. The van der Waals surface area contributed by atoms with Gasteiger partial charge in [-0.2, -0.15) is 5.10 Å². The first-order chi connectivity index (χ1) is 10.1. The molecule has 2 aromatic rings. The van der Waals surface area contributed by atoms with E-state index in [4.69, 9.17) is 0 Å². The van der Waals surface area contributed by atoms with E-state index in [1.54, 1.807) is 6.07 Å². The standard InChI is InChI=1S/C15H16N4O2/c1-18(2)14-9-8-12(15(10-14)19(20)21)11-16-17-13-6-4-3-5-7-13/h3-11,17H,1-2H3. The highest BCUT2D eigenvalue weighted by Crippen LogP contribution is 2.23. The Labute approximate surface area is 122 Å². The lowest BCUT2D eigenvalue weighted by Gasteiger charge is -2.12. The largest absolute Gasteiger partial charge is 0.377 e. The van der Waals surface area contributed by atoms with E-state index < -0.39 is 4.92 Å². The molecule has 0 spiro atoms. The van der Waals surface area contributed by atoms with Crippen LogP contribution in [0.15, 0.2) is 53.6 Å². The molecule has 0 aromatic heterocycles. The zero-order chi connectivity index (χ0) is 15.2. The fourth-order valence-electron chi connectivity index (χ4n) is 1.77. The minimum Gasteiger partial charge on any atom is -0.377 e. The molecular formula is C15H16N4O2. The monoisotopic (exact) mass is 284 g/mol. The van der Waals surface area contributed by atoms with Crippen molar-refractivity contribution in [2.75, 3.05) is 24.4 Å².